The Hall–Kier alpha value is -2.51. The molecule has 1 aliphatic rings. The summed E-state index contributed by atoms with van der Waals surface area (Å²) < 4.78 is 17.8. The average molecular weight is 449 g/mol. The minimum Gasteiger partial charge on any atom is -0.492 e. The van der Waals surface area contributed by atoms with E-state index in [1.807, 2.05) is 16.8 Å². The Labute approximate surface area is 187 Å². The van der Waals surface area contributed by atoms with Crippen molar-refractivity contribution >= 4 is 17.6 Å². The first-order chi connectivity index (χ1) is 14.7. The van der Waals surface area contributed by atoms with Crippen molar-refractivity contribution in [3.63, 3.8) is 0 Å². The highest BCUT2D eigenvalue weighted by molar-refractivity contribution is 6.32. The molecule has 0 bridgehead atoms. The topological polar surface area (TPSA) is 70.0 Å². The average Bonchev–Trinajstić information content (AvgIpc) is 2.70. The van der Waals surface area contributed by atoms with Crippen LogP contribution in [0.4, 0.5) is 0 Å². The highest BCUT2D eigenvalue weighted by atomic mass is 35.5. The smallest absolute Gasteiger partial charge is 0.343 e. The summed E-state index contributed by atoms with van der Waals surface area (Å²) in [5.74, 6) is -0.0235. The number of rotatable bonds is 7. The number of nitrogens with zero attached hydrogens (tertiary/aromatic N) is 2. The van der Waals surface area contributed by atoms with Crippen LogP contribution in [0.3, 0.4) is 0 Å². The molecule has 8 heteroatoms. The molecule has 0 amide bonds. The second-order valence-electron chi connectivity index (χ2n) is 8.36. The number of aromatic nitrogens is 1. The van der Waals surface area contributed by atoms with Gasteiger partial charge in [0.25, 0.3) is 0 Å². The molecule has 0 atom stereocenters. The van der Waals surface area contributed by atoms with E-state index in [0.29, 0.717) is 36.2 Å². The maximum Gasteiger partial charge on any atom is 0.343 e. The van der Waals surface area contributed by atoms with Gasteiger partial charge in [0.2, 0.25) is 0 Å². The fraction of sp³-hybridized carbons (Fsp3) is 0.478. The van der Waals surface area contributed by atoms with Gasteiger partial charge in [0.15, 0.2) is 5.43 Å². The first-order valence-corrected chi connectivity index (χ1v) is 10.7. The second-order valence-corrected chi connectivity index (χ2v) is 8.77. The van der Waals surface area contributed by atoms with Crippen molar-refractivity contribution in [3.05, 3.63) is 50.8 Å². The zero-order valence-corrected chi connectivity index (χ0v) is 19.4. The van der Waals surface area contributed by atoms with Gasteiger partial charge in [-0.1, -0.05) is 11.6 Å². The molecule has 0 aliphatic carbocycles. The number of methoxy groups -OCH3 is 1. The third-order valence-electron chi connectivity index (χ3n) is 5.07. The molecule has 168 valence electrons. The number of carbonyl (C=O) groups excluding carboxylic acids is 1. The van der Waals surface area contributed by atoms with Gasteiger partial charge in [-0.2, -0.15) is 0 Å². The summed E-state index contributed by atoms with van der Waals surface area (Å²) in [5.41, 5.74) is 1.83. The van der Waals surface area contributed by atoms with Crippen LogP contribution in [0.15, 0.2) is 29.2 Å². The van der Waals surface area contributed by atoms with Gasteiger partial charge in [-0.25, -0.2) is 4.79 Å². The number of hydrogen-bond donors (Lipinski definition) is 0. The zero-order valence-electron chi connectivity index (χ0n) is 18.7. The summed E-state index contributed by atoms with van der Waals surface area (Å²) in [7, 11) is 1.65. The quantitative estimate of drug-likeness (QED) is 0.471. The minimum absolute atomic E-state index is 0.00694. The lowest BCUT2D eigenvalue weighted by Gasteiger charge is -2.44. The standard InChI is InChI=1S/C23H29ClN2O5/c1-6-30-22(28)17-14-25-19(12-20(17)27)16-11-18(24)21(31-9-7-8-29-5)10-15(16)13-26(25)23(2,3)4/h10-12,14H,6-9,13H2,1-5H3. The van der Waals surface area contributed by atoms with Crippen LogP contribution < -0.4 is 15.2 Å². The fourth-order valence-electron chi connectivity index (χ4n) is 3.55. The van der Waals surface area contributed by atoms with Crippen LogP contribution in [0.1, 0.15) is 50.0 Å². The third kappa shape index (κ3) is 4.88. The molecule has 0 N–H and O–H groups in total. The number of fused-ring (bicyclic) bond motifs is 3. The van der Waals surface area contributed by atoms with E-state index in [-0.39, 0.29) is 23.1 Å². The molecule has 0 fully saturated rings. The molecule has 1 aromatic heterocycles. The number of ether oxygens (including phenoxy) is 3. The van der Waals surface area contributed by atoms with E-state index in [0.717, 1.165) is 17.5 Å². The van der Waals surface area contributed by atoms with E-state index in [1.54, 1.807) is 20.2 Å². The predicted molar refractivity (Wildman–Crippen MR) is 121 cm³/mol. The summed E-state index contributed by atoms with van der Waals surface area (Å²) in [6.45, 7) is 9.79. The Balaban J connectivity index is 2.09. The Morgan fingerprint density at radius 1 is 1.19 bits per heavy atom. The molecule has 1 aromatic carbocycles. The molecule has 2 heterocycles. The van der Waals surface area contributed by atoms with E-state index in [1.165, 1.54) is 6.07 Å². The molecule has 1 aliphatic heterocycles. The molecule has 0 saturated heterocycles. The number of halogens is 1. The minimum atomic E-state index is -0.625. The SMILES string of the molecule is CCOC(=O)c1cn2c(cc1=O)-c1cc(Cl)c(OCCCOC)cc1CN2C(C)(C)C. The fourth-order valence-corrected chi connectivity index (χ4v) is 3.76. The van der Waals surface area contributed by atoms with Crippen LogP contribution in [0.5, 0.6) is 5.75 Å². The van der Waals surface area contributed by atoms with Crippen LogP contribution in [0.2, 0.25) is 5.02 Å². The van der Waals surface area contributed by atoms with Crippen molar-refractivity contribution in [3.8, 4) is 17.0 Å². The monoisotopic (exact) mass is 448 g/mol. The maximum atomic E-state index is 12.7. The highest BCUT2D eigenvalue weighted by Gasteiger charge is 2.31. The van der Waals surface area contributed by atoms with Gasteiger partial charge in [-0.3, -0.25) is 9.47 Å². The van der Waals surface area contributed by atoms with Crippen molar-refractivity contribution in [2.45, 2.75) is 46.2 Å². The van der Waals surface area contributed by atoms with Crippen molar-refractivity contribution in [2.24, 2.45) is 0 Å². The van der Waals surface area contributed by atoms with Crippen LogP contribution in [0, 0.1) is 0 Å². The van der Waals surface area contributed by atoms with Gasteiger partial charge in [0.1, 0.15) is 11.3 Å². The Morgan fingerprint density at radius 3 is 2.58 bits per heavy atom. The molecular formula is C23H29ClN2O5. The van der Waals surface area contributed by atoms with Gasteiger partial charge < -0.3 is 19.2 Å². The lowest BCUT2D eigenvalue weighted by Crippen LogP contribution is -2.51. The van der Waals surface area contributed by atoms with Gasteiger partial charge in [0, 0.05) is 43.5 Å². The highest BCUT2D eigenvalue weighted by Crippen LogP contribution is 2.38. The molecular weight excluding hydrogens is 420 g/mol. The summed E-state index contributed by atoms with van der Waals surface area (Å²) in [5, 5.41) is 2.56. The van der Waals surface area contributed by atoms with Gasteiger partial charge in [-0.15, -0.1) is 0 Å². The number of benzene rings is 1. The van der Waals surface area contributed by atoms with Crippen molar-refractivity contribution in [1.29, 1.82) is 0 Å². The van der Waals surface area contributed by atoms with Crippen molar-refractivity contribution < 1.29 is 19.0 Å². The van der Waals surface area contributed by atoms with Crippen LogP contribution in [-0.4, -0.2) is 43.1 Å². The first kappa shape index (κ1) is 23.2. The van der Waals surface area contributed by atoms with E-state index in [9.17, 15) is 9.59 Å². The first-order valence-electron chi connectivity index (χ1n) is 10.3. The molecule has 31 heavy (non-hydrogen) atoms. The maximum absolute atomic E-state index is 12.7. The van der Waals surface area contributed by atoms with Crippen molar-refractivity contribution in [1.82, 2.24) is 4.68 Å². The number of pyridine rings is 1. The second kappa shape index (κ2) is 9.32. The van der Waals surface area contributed by atoms with Crippen LogP contribution >= 0.6 is 11.6 Å². The summed E-state index contributed by atoms with van der Waals surface area (Å²) in [6.07, 6.45) is 2.32. The van der Waals surface area contributed by atoms with Crippen molar-refractivity contribution in [2.75, 3.05) is 31.9 Å². The van der Waals surface area contributed by atoms with E-state index in [4.69, 9.17) is 25.8 Å². The normalized spacial score (nSPS) is 12.9. The summed E-state index contributed by atoms with van der Waals surface area (Å²) in [6, 6.07) is 5.22. The van der Waals surface area contributed by atoms with E-state index in [2.05, 4.69) is 25.8 Å². The van der Waals surface area contributed by atoms with Gasteiger partial charge >= 0.3 is 5.97 Å². The largest absolute Gasteiger partial charge is 0.492 e. The Bertz CT molecular complexity index is 1030. The molecule has 0 saturated carbocycles. The number of hydrogen-bond acceptors (Lipinski definition) is 6. The van der Waals surface area contributed by atoms with E-state index < -0.39 is 5.97 Å². The molecule has 0 unspecified atom stereocenters. The van der Waals surface area contributed by atoms with Crippen LogP contribution in [0.25, 0.3) is 11.3 Å². The molecule has 0 radical (unpaired) electrons. The summed E-state index contributed by atoms with van der Waals surface area (Å²) >= 11 is 6.50. The van der Waals surface area contributed by atoms with Gasteiger partial charge in [0.05, 0.1) is 30.5 Å². The predicted octanol–water partition coefficient (Wildman–Crippen LogP) is 4.01. The number of carbonyl (C=O) groups is 1. The summed E-state index contributed by atoms with van der Waals surface area (Å²) in [4.78, 5) is 25.0. The number of esters is 1. The lowest BCUT2D eigenvalue weighted by atomic mass is 9.97. The molecule has 2 aromatic rings. The lowest BCUT2D eigenvalue weighted by molar-refractivity contribution is 0.0523. The molecule has 0 spiro atoms. The molecule has 7 nitrogen and oxygen atoms in total. The van der Waals surface area contributed by atoms with Gasteiger partial charge in [-0.05, 0) is 45.4 Å². The Morgan fingerprint density at radius 2 is 1.94 bits per heavy atom. The Kier molecular flexibility index (Phi) is 6.96. The zero-order chi connectivity index (χ0) is 22.8. The molecule has 3 rings (SSSR count). The third-order valence-corrected chi connectivity index (χ3v) is 5.36. The van der Waals surface area contributed by atoms with E-state index >= 15 is 0 Å². The van der Waals surface area contributed by atoms with Crippen LogP contribution in [-0.2, 0) is 16.0 Å².